The predicted molar refractivity (Wildman–Crippen MR) is 117 cm³/mol. The maximum atomic E-state index is 15.4. The number of hydrogen-bond acceptors (Lipinski definition) is 5. The molecule has 2 saturated heterocycles. The second-order valence-electron chi connectivity index (χ2n) is 9.26. The van der Waals surface area contributed by atoms with Crippen LogP contribution in [0, 0.1) is 0 Å². The van der Waals surface area contributed by atoms with Crippen LogP contribution in [-0.4, -0.2) is 88.9 Å². The highest BCUT2D eigenvalue weighted by Crippen LogP contribution is 2.46. The number of nitrogens with zero attached hydrogens (tertiary/aromatic N) is 2. The second kappa shape index (κ2) is 10.4. The Bertz CT molecular complexity index is 895. The molecule has 1 N–H and O–H groups in total. The molecular formula is C22H29F5N2O4S. The molecule has 1 aromatic carbocycles. The summed E-state index contributed by atoms with van der Waals surface area (Å²) in [6, 6.07) is 7.94. The number of thioether (sulfide) groups is 1. The number of aliphatic carboxylic acids is 1. The Kier molecular flexibility index (Phi) is 8.64. The van der Waals surface area contributed by atoms with Crippen molar-refractivity contribution in [2.24, 2.45) is 0 Å². The van der Waals surface area contributed by atoms with E-state index in [1.165, 1.54) is 12.0 Å². The maximum Gasteiger partial charge on any atom is 0.490 e. The summed E-state index contributed by atoms with van der Waals surface area (Å²) in [7, 11) is 1.51. The average Bonchev–Trinajstić information content (AvgIpc) is 3.04. The minimum Gasteiger partial charge on any atom is -0.475 e. The third kappa shape index (κ3) is 6.60. The average molecular weight is 513 g/mol. The summed E-state index contributed by atoms with van der Waals surface area (Å²) in [5.74, 6) is -3.51. The molecular weight excluding hydrogens is 483 g/mol. The van der Waals surface area contributed by atoms with Crippen LogP contribution < -0.4 is 0 Å². The first-order chi connectivity index (χ1) is 15.5. The Balaban J connectivity index is 0.000000509. The highest BCUT2D eigenvalue weighted by atomic mass is 32.2. The molecule has 192 valence electrons. The smallest absolute Gasteiger partial charge is 0.475 e. The number of rotatable bonds is 6. The van der Waals surface area contributed by atoms with E-state index in [9.17, 15) is 18.0 Å². The largest absolute Gasteiger partial charge is 0.490 e. The van der Waals surface area contributed by atoms with Gasteiger partial charge >= 0.3 is 12.1 Å². The first kappa shape index (κ1) is 28.3. The van der Waals surface area contributed by atoms with Gasteiger partial charge in [-0.2, -0.15) is 13.2 Å². The Morgan fingerprint density at radius 1 is 1.15 bits per heavy atom. The molecule has 2 atom stereocenters. The molecule has 6 nitrogen and oxygen atoms in total. The fourth-order valence-corrected chi connectivity index (χ4v) is 4.91. The zero-order chi connectivity index (χ0) is 25.9. The molecule has 34 heavy (non-hydrogen) atoms. The molecule has 1 amide bonds. The number of benzene rings is 1. The highest BCUT2D eigenvalue weighted by Gasteiger charge is 2.70. The molecule has 2 heterocycles. The van der Waals surface area contributed by atoms with Gasteiger partial charge in [0, 0.05) is 42.9 Å². The zero-order valence-electron chi connectivity index (χ0n) is 19.4. The van der Waals surface area contributed by atoms with Crippen LogP contribution in [-0.2, 0) is 20.9 Å². The molecule has 0 spiro atoms. The molecule has 0 radical (unpaired) electrons. The van der Waals surface area contributed by atoms with Gasteiger partial charge in [-0.25, -0.2) is 13.6 Å². The van der Waals surface area contributed by atoms with Gasteiger partial charge in [-0.3, -0.25) is 9.69 Å². The lowest BCUT2D eigenvalue weighted by Gasteiger charge is -2.24. The van der Waals surface area contributed by atoms with Gasteiger partial charge in [0.15, 0.2) is 5.67 Å². The maximum absolute atomic E-state index is 15.4. The number of methoxy groups -OCH3 is 1. The second-order valence-corrected chi connectivity index (χ2v) is 11.1. The van der Waals surface area contributed by atoms with Gasteiger partial charge in [-0.1, -0.05) is 39.0 Å². The minimum atomic E-state index is -5.08. The molecule has 0 bridgehead atoms. The number of likely N-dealkylation sites (tertiary alicyclic amines) is 2. The number of ether oxygens (including phenoxy) is 1. The van der Waals surface area contributed by atoms with E-state index in [1.807, 2.05) is 24.3 Å². The van der Waals surface area contributed by atoms with Crippen molar-refractivity contribution in [1.82, 2.24) is 9.80 Å². The lowest BCUT2D eigenvalue weighted by Crippen LogP contribution is -2.47. The Morgan fingerprint density at radius 2 is 1.74 bits per heavy atom. The van der Waals surface area contributed by atoms with Gasteiger partial charge < -0.3 is 14.7 Å². The molecule has 0 saturated carbocycles. The molecule has 1 aromatic rings. The van der Waals surface area contributed by atoms with Crippen LogP contribution in [0.1, 0.15) is 26.3 Å². The molecule has 0 aromatic heterocycles. The third-order valence-corrected chi connectivity index (χ3v) is 6.51. The van der Waals surface area contributed by atoms with E-state index in [0.29, 0.717) is 6.54 Å². The van der Waals surface area contributed by atoms with Crippen molar-refractivity contribution in [3.63, 3.8) is 0 Å². The van der Waals surface area contributed by atoms with Crippen molar-refractivity contribution in [2.75, 3.05) is 39.9 Å². The van der Waals surface area contributed by atoms with E-state index in [-0.39, 0.29) is 37.5 Å². The van der Waals surface area contributed by atoms with Gasteiger partial charge in [-0.15, -0.1) is 11.8 Å². The van der Waals surface area contributed by atoms with Crippen LogP contribution in [0.5, 0.6) is 0 Å². The summed E-state index contributed by atoms with van der Waals surface area (Å²) in [6.07, 6.45) is -5.08. The Hall–Kier alpha value is -1.92. The number of halogens is 5. The standard InChI is InChI=1S/C20H28F2N2O2S.C2HF3O2/c1-18(2,3)27-16-8-6-5-7-15(16)11-23-12-19(21)13-24(9-10-26-4)17(25)20(19,22)14-23;3-2(4,5)1(6)7/h5-8H,9-14H2,1-4H3;(H,6,7)/t19-,20+;/m0./s1. The van der Waals surface area contributed by atoms with Gasteiger partial charge in [-0.05, 0) is 11.6 Å². The topological polar surface area (TPSA) is 70.1 Å². The zero-order valence-corrected chi connectivity index (χ0v) is 20.2. The number of fused-ring (bicyclic) bond motifs is 1. The van der Waals surface area contributed by atoms with Crippen LogP contribution in [0.2, 0.25) is 0 Å². The number of carboxylic acid groups (broad SMARTS) is 1. The molecule has 12 heteroatoms. The van der Waals surface area contributed by atoms with Crippen molar-refractivity contribution in [1.29, 1.82) is 0 Å². The number of carboxylic acids is 1. The van der Waals surface area contributed by atoms with E-state index >= 15 is 8.78 Å². The van der Waals surface area contributed by atoms with Crippen molar-refractivity contribution < 1.29 is 41.4 Å². The first-order valence-corrected chi connectivity index (χ1v) is 11.3. The third-order valence-electron chi connectivity index (χ3n) is 5.28. The number of hydrogen-bond donors (Lipinski definition) is 1. The predicted octanol–water partition coefficient (Wildman–Crippen LogP) is 3.93. The van der Waals surface area contributed by atoms with Gasteiger partial charge in [0.1, 0.15) is 0 Å². The number of carbonyl (C=O) groups excluding carboxylic acids is 1. The SMILES string of the molecule is COCCN1C[C@@]2(F)CN(Cc3ccccc3SC(C)(C)C)C[C@@]2(F)C1=O.O=C(O)C(F)(F)F. The van der Waals surface area contributed by atoms with Gasteiger partial charge in [0.2, 0.25) is 5.67 Å². The van der Waals surface area contributed by atoms with E-state index < -0.39 is 29.4 Å². The van der Waals surface area contributed by atoms with Crippen molar-refractivity contribution >= 4 is 23.6 Å². The first-order valence-electron chi connectivity index (χ1n) is 10.5. The van der Waals surface area contributed by atoms with E-state index in [4.69, 9.17) is 14.6 Å². The van der Waals surface area contributed by atoms with Crippen molar-refractivity contribution in [3.05, 3.63) is 29.8 Å². The lowest BCUT2D eigenvalue weighted by atomic mass is 9.93. The Morgan fingerprint density at radius 3 is 2.24 bits per heavy atom. The number of alkyl halides is 5. The lowest BCUT2D eigenvalue weighted by molar-refractivity contribution is -0.192. The van der Waals surface area contributed by atoms with E-state index in [2.05, 4.69) is 20.8 Å². The van der Waals surface area contributed by atoms with E-state index in [0.717, 1.165) is 10.5 Å². The number of carbonyl (C=O) groups is 2. The van der Waals surface area contributed by atoms with Crippen molar-refractivity contribution in [3.8, 4) is 0 Å². The van der Waals surface area contributed by atoms with Crippen molar-refractivity contribution in [2.45, 2.75) is 54.5 Å². The fourth-order valence-electron chi connectivity index (χ4n) is 3.84. The summed E-state index contributed by atoms with van der Waals surface area (Å²) in [5, 5.41) is 7.12. The summed E-state index contributed by atoms with van der Waals surface area (Å²) >= 11 is 1.74. The summed E-state index contributed by atoms with van der Waals surface area (Å²) in [6.45, 7) is 6.84. The molecule has 2 aliphatic heterocycles. The summed E-state index contributed by atoms with van der Waals surface area (Å²) < 4.78 is 67.5. The summed E-state index contributed by atoms with van der Waals surface area (Å²) in [5.41, 5.74) is -3.59. The van der Waals surface area contributed by atoms with Crippen LogP contribution in [0.4, 0.5) is 22.0 Å². The number of amides is 1. The van der Waals surface area contributed by atoms with Gasteiger partial charge in [0.05, 0.1) is 13.2 Å². The van der Waals surface area contributed by atoms with Crippen LogP contribution >= 0.6 is 11.8 Å². The van der Waals surface area contributed by atoms with Crippen LogP contribution in [0.15, 0.2) is 29.2 Å². The normalized spacial score (nSPS) is 25.2. The van der Waals surface area contributed by atoms with E-state index in [1.54, 1.807) is 16.7 Å². The molecule has 2 fully saturated rings. The molecule has 0 aliphatic carbocycles. The molecule has 2 aliphatic rings. The summed E-state index contributed by atoms with van der Waals surface area (Å²) in [4.78, 5) is 25.5. The Labute approximate surface area is 199 Å². The minimum absolute atomic E-state index is 0.0397. The molecule has 3 rings (SSSR count). The van der Waals surface area contributed by atoms with Gasteiger partial charge in [0.25, 0.3) is 5.91 Å². The fraction of sp³-hybridized carbons (Fsp3) is 0.636. The monoisotopic (exact) mass is 512 g/mol. The molecule has 0 unspecified atom stereocenters. The quantitative estimate of drug-likeness (QED) is 0.460. The van der Waals surface area contributed by atoms with Crippen LogP contribution in [0.3, 0.4) is 0 Å². The van der Waals surface area contributed by atoms with Crippen LogP contribution in [0.25, 0.3) is 0 Å². The highest BCUT2D eigenvalue weighted by molar-refractivity contribution is 8.00.